The Kier molecular flexibility index (Phi) is 5.83. The number of hydrogen-bond donors (Lipinski definition) is 2. The molecule has 0 amide bonds. The van der Waals surface area contributed by atoms with E-state index in [1.807, 2.05) is 25.1 Å². The Morgan fingerprint density at radius 1 is 1.22 bits per heavy atom. The normalized spacial score (nSPS) is 12.5. The number of nitrogen functional groups attached to an aromatic ring is 1. The molecule has 1 aromatic carbocycles. The van der Waals surface area contributed by atoms with E-state index in [9.17, 15) is 0 Å². The van der Waals surface area contributed by atoms with Crippen molar-refractivity contribution in [2.24, 2.45) is 5.92 Å². The van der Waals surface area contributed by atoms with Crippen molar-refractivity contribution >= 4 is 11.4 Å². The van der Waals surface area contributed by atoms with Gasteiger partial charge in [-0.2, -0.15) is 0 Å². The molecular weight excluding hydrogens is 224 g/mol. The molecule has 0 aliphatic rings. The van der Waals surface area contributed by atoms with Crippen LogP contribution in [-0.4, -0.2) is 12.6 Å². The minimum absolute atomic E-state index is 0.463. The fraction of sp³-hybridized carbons (Fsp3) is 0.600. The summed E-state index contributed by atoms with van der Waals surface area (Å²) >= 11 is 0. The molecule has 0 bridgehead atoms. The summed E-state index contributed by atoms with van der Waals surface area (Å²) in [6.45, 7) is 9.31. The summed E-state index contributed by atoms with van der Waals surface area (Å²) in [5.41, 5.74) is 7.62. The highest BCUT2D eigenvalue weighted by Crippen LogP contribution is 2.26. The Hall–Kier alpha value is -1.38. The maximum atomic E-state index is 5.85. The van der Waals surface area contributed by atoms with E-state index in [0.717, 1.165) is 17.4 Å². The molecule has 0 aliphatic heterocycles. The molecule has 0 aromatic heterocycles. The average molecular weight is 250 g/mol. The van der Waals surface area contributed by atoms with E-state index >= 15 is 0 Å². The van der Waals surface area contributed by atoms with E-state index in [4.69, 9.17) is 10.5 Å². The van der Waals surface area contributed by atoms with Gasteiger partial charge in [-0.1, -0.05) is 13.8 Å². The van der Waals surface area contributed by atoms with Crippen LogP contribution >= 0.6 is 0 Å². The Labute approximate surface area is 111 Å². The number of benzene rings is 1. The van der Waals surface area contributed by atoms with Crippen molar-refractivity contribution in [1.29, 1.82) is 0 Å². The van der Waals surface area contributed by atoms with Crippen molar-refractivity contribution in [2.75, 3.05) is 17.7 Å². The van der Waals surface area contributed by atoms with Gasteiger partial charge < -0.3 is 15.8 Å². The number of rotatable bonds is 7. The molecule has 1 aromatic rings. The van der Waals surface area contributed by atoms with E-state index in [1.165, 1.54) is 12.8 Å². The zero-order valence-electron chi connectivity index (χ0n) is 12.0. The van der Waals surface area contributed by atoms with Crippen molar-refractivity contribution in [1.82, 2.24) is 0 Å². The molecule has 1 unspecified atom stereocenters. The van der Waals surface area contributed by atoms with Crippen LogP contribution in [0.5, 0.6) is 5.75 Å². The number of nitrogens with one attached hydrogen (secondary N) is 1. The molecule has 1 rings (SSSR count). The largest absolute Gasteiger partial charge is 0.492 e. The molecule has 0 radical (unpaired) electrons. The summed E-state index contributed by atoms with van der Waals surface area (Å²) in [5, 5.41) is 3.49. The molecule has 1 atom stereocenters. The minimum atomic E-state index is 0.463. The topological polar surface area (TPSA) is 47.3 Å². The zero-order valence-corrected chi connectivity index (χ0v) is 12.0. The van der Waals surface area contributed by atoms with Gasteiger partial charge in [-0.05, 0) is 44.7 Å². The quantitative estimate of drug-likeness (QED) is 0.721. The second kappa shape index (κ2) is 7.14. The molecule has 3 N–H and O–H groups in total. The van der Waals surface area contributed by atoms with Crippen molar-refractivity contribution < 1.29 is 4.74 Å². The predicted octanol–water partition coefficient (Wildman–Crippen LogP) is 3.90. The highest BCUT2D eigenvalue weighted by atomic mass is 16.5. The maximum absolute atomic E-state index is 5.85. The molecule has 0 saturated carbocycles. The molecule has 3 nitrogen and oxygen atoms in total. The second-order valence-corrected chi connectivity index (χ2v) is 5.20. The lowest BCUT2D eigenvalue weighted by atomic mass is 10.0. The fourth-order valence-corrected chi connectivity index (χ4v) is 1.84. The van der Waals surface area contributed by atoms with Gasteiger partial charge in [-0.15, -0.1) is 0 Å². The van der Waals surface area contributed by atoms with Gasteiger partial charge in [0, 0.05) is 17.8 Å². The SMILES string of the molecule is CCOc1cc(NC(C)CCC(C)C)ccc1N. The molecule has 0 spiro atoms. The third kappa shape index (κ3) is 4.86. The summed E-state index contributed by atoms with van der Waals surface area (Å²) in [6.07, 6.45) is 2.41. The number of ether oxygens (including phenoxy) is 1. The maximum Gasteiger partial charge on any atom is 0.144 e. The summed E-state index contributed by atoms with van der Waals surface area (Å²) in [4.78, 5) is 0. The van der Waals surface area contributed by atoms with Gasteiger partial charge in [0.15, 0.2) is 0 Å². The summed E-state index contributed by atoms with van der Waals surface area (Å²) in [6, 6.07) is 6.34. The number of hydrogen-bond acceptors (Lipinski definition) is 3. The smallest absolute Gasteiger partial charge is 0.144 e. The molecular formula is C15H26N2O. The van der Waals surface area contributed by atoms with Crippen molar-refractivity contribution in [2.45, 2.75) is 46.6 Å². The molecule has 102 valence electrons. The van der Waals surface area contributed by atoms with Crippen LogP contribution in [0.25, 0.3) is 0 Å². The Morgan fingerprint density at radius 2 is 1.94 bits per heavy atom. The first-order valence-corrected chi connectivity index (χ1v) is 6.81. The molecule has 0 heterocycles. The van der Waals surface area contributed by atoms with Crippen LogP contribution < -0.4 is 15.8 Å². The van der Waals surface area contributed by atoms with Crippen LogP contribution in [0.3, 0.4) is 0 Å². The number of anilines is 2. The van der Waals surface area contributed by atoms with Crippen LogP contribution in [0.15, 0.2) is 18.2 Å². The summed E-state index contributed by atoms with van der Waals surface area (Å²) in [7, 11) is 0. The van der Waals surface area contributed by atoms with Crippen LogP contribution in [-0.2, 0) is 0 Å². The molecule has 0 saturated heterocycles. The molecule has 0 aliphatic carbocycles. The van der Waals surface area contributed by atoms with Crippen molar-refractivity contribution in [3.8, 4) is 5.75 Å². The number of nitrogens with two attached hydrogens (primary N) is 1. The van der Waals surface area contributed by atoms with Gasteiger partial charge in [0.05, 0.1) is 12.3 Å². The van der Waals surface area contributed by atoms with Crippen LogP contribution in [0.4, 0.5) is 11.4 Å². The Balaban J connectivity index is 2.58. The predicted molar refractivity (Wildman–Crippen MR) is 79.2 cm³/mol. The lowest BCUT2D eigenvalue weighted by Crippen LogP contribution is -2.16. The third-order valence-electron chi connectivity index (χ3n) is 2.90. The fourth-order valence-electron chi connectivity index (χ4n) is 1.84. The van der Waals surface area contributed by atoms with Gasteiger partial charge in [0.2, 0.25) is 0 Å². The molecule has 3 heteroatoms. The first kappa shape index (κ1) is 14.7. The third-order valence-corrected chi connectivity index (χ3v) is 2.90. The summed E-state index contributed by atoms with van der Waals surface area (Å²) in [5.74, 6) is 1.51. The molecule has 0 fully saturated rings. The summed E-state index contributed by atoms with van der Waals surface area (Å²) < 4.78 is 5.49. The van der Waals surface area contributed by atoms with Crippen LogP contribution in [0.2, 0.25) is 0 Å². The Morgan fingerprint density at radius 3 is 2.56 bits per heavy atom. The monoisotopic (exact) mass is 250 g/mol. The first-order valence-electron chi connectivity index (χ1n) is 6.81. The van der Waals surface area contributed by atoms with E-state index in [-0.39, 0.29) is 0 Å². The van der Waals surface area contributed by atoms with E-state index in [0.29, 0.717) is 18.3 Å². The Bertz CT molecular complexity index is 364. The second-order valence-electron chi connectivity index (χ2n) is 5.20. The highest BCUT2D eigenvalue weighted by Gasteiger charge is 2.06. The van der Waals surface area contributed by atoms with Crippen LogP contribution in [0, 0.1) is 5.92 Å². The van der Waals surface area contributed by atoms with Gasteiger partial charge in [0.25, 0.3) is 0 Å². The van der Waals surface area contributed by atoms with Crippen molar-refractivity contribution in [3.63, 3.8) is 0 Å². The minimum Gasteiger partial charge on any atom is -0.492 e. The van der Waals surface area contributed by atoms with E-state index in [1.54, 1.807) is 0 Å². The first-order chi connectivity index (χ1) is 8.52. The zero-order chi connectivity index (χ0) is 13.5. The van der Waals surface area contributed by atoms with Gasteiger partial charge in [-0.25, -0.2) is 0 Å². The average Bonchev–Trinajstić information content (AvgIpc) is 2.31. The lowest BCUT2D eigenvalue weighted by molar-refractivity contribution is 0.342. The van der Waals surface area contributed by atoms with Gasteiger partial charge >= 0.3 is 0 Å². The van der Waals surface area contributed by atoms with Crippen molar-refractivity contribution in [3.05, 3.63) is 18.2 Å². The lowest BCUT2D eigenvalue weighted by Gasteiger charge is -2.17. The standard InChI is InChI=1S/C15H26N2O/c1-5-18-15-10-13(8-9-14(15)16)17-12(4)7-6-11(2)3/h8-12,17H,5-7,16H2,1-4H3. The van der Waals surface area contributed by atoms with Gasteiger partial charge in [0.1, 0.15) is 5.75 Å². The van der Waals surface area contributed by atoms with Gasteiger partial charge in [-0.3, -0.25) is 0 Å². The van der Waals surface area contributed by atoms with Crippen LogP contribution in [0.1, 0.15) is 40.5 Å². The van der Waals surface area contributed by atoms with E-state index in [2.05, 4.69) is 26.1 Å². The van der Waals surface area contributed by atoms with E-state index < -0.39 is 0 Å². The highest BCUT2D eigenvalue weighted by molar-refractivity contribution is 5.61. The molecule has 18 heavy (non-hydrogen) atoms.